The Hall–Kier alpha value is -4.50. The summed E-state index contributed by atoms with van der Waals surface area (Å²) in [6, 6.07) is 35.7. The van der Waals surface area contributed by atoms with Crippen LogP contribution in [0.5, 0.6) is 0 Å². The van der Waals surface area contributed by atoms with Gasteiger partial charge in [0.1, 0.15) is 17.8 Å². The molecule has 4 aromatic rings. The van der Waals surface area contributed by atoms with E-state index >= 15 is 0 Å². The van der Waals surface area contributed by atoms with E-state index in [2.05, 4.69) is 166 Å². The third-order valence-corrected chi connectivity index (χ3v) is 8.56. The number of hydrogen-bond acceptors (Lipinski definition) is 2. The molecule has 4 aromatic carbocycles. The van der Waals surface area contributed by atoms with E-state index in [-0.39, 0.29) is 6.04 Å². The molecular formula is C41H47N3. The van der Waals surface area contributed by atoms with Crippen molar-refractivity contribution in [1.82, 2.24) is 0 Å². The maximum atomic E-state index is 4.69. The molecule has 44 heavy (non-hydrogen) atoms. The number of benzene rings is 4. The van der Waals surface area contributed by atoms with Crippen molar-refractivity contribution in [2.75, 3.05) is 10.6 Å². The van der Waals surface area contributed by atoms with Gasteiger partial charge in [-0.1, -0.05) is 139 Å². The van der Waals surface area contributed by atoms with Crippen LogP contribution in [0.25, 0.3) is 5.70 Å². The lowest BCUT2D eigenvalue weighted by atomic mass is 9.86. The van der Waals surface area contributed by atoms with Crippen molar-refractivity contribution in [1.29, 1.82) is 0 Å². The SMILES string of the molecule is C=[N+]1C(c2ccccc2CNc2ccccc2)=CC=C[C-]1C(Nc1c(C(C)C)cccc1C(C)C)c1ccccc1C(C)C. The van der Waals surface area contributed by atoms with Gasteiger partial charge in [-0.3, -0.25) is 4.58 Å². The van der Waals surface area contributed by atoms with Crippen LogP contribution in [0, 0.1) is 6.04 Å². The third-order valence-electron chi connectivity index (χ3n) is 8.56. The molecule has 5 rings (SSSR count). The molecule has 0 saturated carbocycles. The summed E-state index contributed by atoms with van der Waals surface area (Å²) in [4.78, 5) is 0. The molecule has 0 radical (unpaired) electrons. The number of rotatable bonds is 11. The van der Waals surface area contributed by atoms with Gasteiger partial charge in [0.2, 0.25) is 0 Å². The van der Waals surface area contributed by atoms with Crippen LogP contribution in [0.3, 0.4) is 0 Å². The quantitative estimate of drug-likeness (QED) is 0.136. The van der Waals surface area contributed by atoms with Crippen LogP contribution in [0.4, 0.5) is 11.4 Å². The van der Waals surface area contributed by atoms with E-state index in [4.69, 9.17) is 6.72 Å². The largest absolute Gasteiger partial charge is 0.381 e. The predicted molar refractivity (Wildman–Crippen MR) is 189 cm³/mol. The van der Waals surface area contributed by atoms with Crippen LogP contribution in [-0.4, -0.2) is 11.3 Å². The molecule has 1 aliphatic heterocycles. The zero-order chi connectivity index (χ0) is 31.2. The summed E-state index contributed by atoms with van der Waals surface area (Å²) in [5.41, 5.74) is 11.1. The summed E-state index contributed by atoms with van der Waals surface area (Å²) < 4.78 is 2.14. The highest BCUT2D eigenvalue weighted by atomic mass is 15.1. The Morgan fingerprint density at radius 3 is 1.89 bits per heavy atom. The molecule has 1 atom stereocenters. The molecule has 226 valence electrons. The highest BCUT2D eigenvalue weighted by Gasteiger charge is 2.32. The van der Waals surface area contributed by atoms with Crippen molar-refractivity contribution in [3.05, 3.63) is 155 Å². The van der Waals surface area contributed by atoms with Gasteiger partial charge in [-0.2, -0.15) is 0 Å². The fourth-order valence-corrected chi connectivity index (χ4v) is 6.19. The standard InChI is InChI=1S/C41H47N3/c1-28(2)33-20-13-14-22-37(33)41(43-40-34(29(3)4)23-15-24-35(40)30(5)6)39-26-16-25-38(44(39)7)36-21-12-11-17-31(36)27-42-32-18-9-8-10-19-32/h8-26,28-30,41-43H,7,27H2,1-6H3. The molecule has 2 N–H and O–H groups in total. The van der Waals surface area contributed by atoms with Gasteiger partial charge in [0.05, 0.1) is 6.72 Å². The van der Waals surface area contributed by atoms with Crippen molar-refractivity contribution >= 4 is 23.8 Å². The second kappa shape index (κ2) is 13.9. The van der Waals surface area contributed by atoms with Crippen LogP contribution in [0.2, 0.25) is 0 Å². The van der Waals surface area contributed by atoms with E-state index in [0.29, 0.717) is 17.8 Å². The molecule has 0 saturated heterocycles. The molecule has 0 amide bonds. The molecule has 0 fully saturated rings. The summed E-state index contributed by atoms with van der Waals surface area (Å²) in [7, 11) is 0. The zero-order valence-electron chi connectivity index (χ0n) is 27.1. The van der Waals surface area contributed by atoms with Gasteiger partial charge in [-0.15, -0.1) is 6.08 Å². The average molecular weight is 582 g/mol. The van der Waals surface area contributed by atoms with Crippen molar-refractivity contribution in [3.63, 3.8) is 0 Å². The average Bonchev–Trinajstić information content (AvgIpc) is 3.03. The molecule has 1 heterocycles. The van der Waals surface area contributed by atoms with Gasteiger partial charge in [0, 0.05) is 23.5 Å². The second-order valence-corrected chi connectivity index (χ2v) is 12.6. The van der Waals surface area contributed by atoms with Crippen LogP contribution in [0.1, 0.15) is 98.7 Å². The Morgan fingerprint density at radius 2 is 1.23 bits per heavy atom. The number of nitrogens with zero attached hydrogens (tertiary/aromatic N) is 1. The monoisotopic (exact) mass is 581 g/mol. The Balaban J connectivity index is 1.57. The summed E-state index contributed by atoms with van der Waals surface area (Å²) in [5, 5.41) is 7.71. The van der Waals surface area contributed by atoms with Crippen LogP contribution < -0.4 is 10.6 Å². The summed E-state index contributed by atoms with van der Waals surface area (Å²) >= 11 is 0. The van der Waals surface area contributed by atoms with Gasteiger partial charge in [-0.25, -0.2) is 0 Å². The van der Waals surface area contributed by atoms with Crippen molar-refractivity contribution in [3.8, 4) is 0 Å². The van der Waals surface area contributed by atoms with Crippen LogP contribution in [-0.2, 0) is 6.54 Å². The van der Waals surface area contributed by atoms with E-state index < -0.39 is 0 Å². The minimum absolute atomic E-state index is 0.0990. The summed E-state index contributed by atoms with van der Waals surface area (Å²) in [6.45, 7) is 19.1. The van der Waals surface area contributed by atoms with E-state index in [1.807, 2.05) is 6.07 Å². The maximum Gasteiger partial charge on any atom is 0.130 e. The Kier molecular flexibility index (Phi) is 9.75. The Morgan fingerprint density at radius 1 is 0.659 bits per heavy atom. The van der Waals surface area contributed by atoms with Crippen molar-refractivity contribution in [2.24, 2.45) is 0 Å². The fourth-order valence-electron chi connectivity index (χ4n) is 6.19. The zero-order valence-corrected chi connectivity index (χ0v) is 27.1. The molecule has 3 nitrogen and oxygen atoms in total. The maximum absolute atomic E-state index is 4.69. The molecule has 0 spiro atoms. The summed E-state index contributed by atoms with van der Waals surface area (Å²) in [6.07, 6.45) is 6.59. The first kappa shape index (κ1) is 30.9. The molecule has 0 aromatic heterocycles. The number of para-hydroxylation sites is 2. The van der Waals surface area contributed by atoms with Crippen molar-refractivity contribution in [2.45, 2.75) is 71.9 Å². The molecule has 1 unspecified atom stereocenters. The lowest BCUT2D eigenvalue weighted by Crippen LogP contribution is -2.30. The molecule has 0 aliphatic carbocycles. The van der Waals surface area contributed by atoms with Gasteiger partial charge in [0.15, 0.2) is 0 Å². The van der Waals surface area contributed by atoms with Gasteiger partial charge >= 0.3 is 0 Å². The number of anilines is 2. The lowest BCUT2D eigenvalue weighted by Gasteiger charge is -2.35. The molecule has 1 aliphatic rings. The smallest absolute Gasteiger partial charge is 0.130 e. The minimum Gasteiger partial charge on any atom is -0.381 e. The number of allylic oxidation sites excluding steroid dienone is 2. The number of hydrogen-bond donors (Lipinski definition) is 2. The Labute approximate surface area is 265 Å². The van der Waals surface area contributed by atoms with E-state index in [1.54, 1.807) is 0 Å². The first-order valence-electron chi connectivity index (χ1n) is 16.0. The summed E-state index contributed by atoms with van der Waals surface area (Å²) in [5.74, 6) is 1.16. The van der Waals surface area contributed by atoms with E-state index in [0.717, 1.165) is 24.0 Å². The van der Waals surface area contributed by atoms with Crippen molar-refractivity contribution < 1.29 is 4.58 Å². The fraction of sp³-hybridized carbons (Fsp3) is 0.268. The highest BCUT2D eigenvalue weighted by Crippen LogP contribution is 2.42. The first-order valence-corrected chi connectivity index (χ1v) is 16.0. The highest BCUT2D eigenvalue weighted by molar-refractivity contribution is 5.68. The minimum atomic E-state index is -0.0990. The third kappa shape index (κ3) is 6.68. The first-order chi connectivity index (χ1) is 21.3. The molecule has 0 bridgehead atoms. The normalized spacial score (nSPS) is 13.9. The Bertz CT molecular complexity index is 1620. The molecule has 3 heteroatoms. The molecular weight excluding hydrogens is 534 g/mol. The lowest BCUT2D eigenvalue weighted by molar-refractivity contribution is -0.404. The topological polar surface area (TPSA) is 27.1 Å². The van der Waals surface area contributed by atoms with E-state index in [9.17, 15) is 0 Å². The van der Waals surface area contributed by atoms with Crippen LogP contribution >= 0.6 is 0 Å². The number of nitrogens with one attached hydrogen (secondary N) is 2. The van der Waals surface area contributed by atoms with Gasteiger partial charge < -0.3 is 10.6 Å². The van der Waals surface area contributed by atoms with Gasteiger partial charge in [0.25, 0.3) is 0 Å². The predicted octanol–water partition coefficient (Wildman–Crippen LogP) is 10.7. The van der Waals surface area contributed by atoms with Crippen LogP contribution in [0.15, 0.2) is 115 Å². The second-order valence-electron chi connectivity index (χ2n) is 12.6. The van der Waals surface area contributed by atoms with Gasteiger partial charge in [-0.05, 0) is 57.7 Å². The van der Waals surface area contributed by atoms with E-state index in [1.165, 1.54) is 39.1 Å².